The number of likely N-dealkylation sites (tertiary alicyclic amines) is 1. The standard InChI is InChI=1S/C16H31N5O3/c1-4-9-18-14(22)12-19-15(17-5-2)20-13-7-10-21(11-8-13)16(23)24-6-3/h13H,4-12H2,1-3H3,(H,18,22)(H2,17,19,20). The summed E-state index contributed by atoms with van der Waals surface area (Å²) >= 11 is 0. The number of rotatable bonds is 7. The molecule has 1 heterocycles. The second kappa shape index (κ2) is 11.5. The Morgan fingerprint density at radius 3 is 2.46 bits per heavy atom. The maximum Gasteiger partial charge on any atom is 0.409 e. The lowest BCUT2D eigenvalue weighted by molar-refractivity contribution is -0.119. The van der Waals surface area contributed by atoms with Gasteiger partial charge in [0.15, 0.2) is 5.96 Å². The summed E-state index contributed by atoms with van der Waals surface area (Å²) in [5.41, 5.74) is 0. The summed E-state index contributed by atoms with van der Waals surface area (Å²) in [7, 11) is 0. The number of ether oxygens (including phenoxy) is 1. The highest BCUT2D eigenvalue weighted by Gasteiger charge is 2.24. The van der Waals surface area contributed by atoms with E-state index in [-0.39, 0.29) is 24.6 Å². The van der Waals surface area contributed by atoms with Gasteiger partial charge >= 0.3 is 6.09 Å². The van der Waals surface area contributed by atoms with Gasteiger partial charge in [0.25, 0.3) is 0 Å². The Morgan fingerprint density at radius 1 is 1.17 bits per heavy atom. The minimum atomic E-state index is -0.246. The van der Waals surface area contributed by atoms with Crippen LogP contribution in [0.3, 0.4) is 0 Å². The highest BCUT2D eigenvalue weighted by Crippen LogP contribution is 2.11. The fourth-order valence-corrected chi connectivity index (χ4v) is 2.41. The fourth-order valence-electron chi connectivity index (χ4n) is 2.41. The predicted molar refractivity (Wildman–Crippen MR) is 94.0 cm³/mol. The summed E-state index contributed by atoms with van der Waals surface area (Å²) < 4.78 is 5.02. The van der Waals surface area contributed by atoms with Crippen molar-refractivity contribution in [2.75, 3.05) is 39.3 Å². The van der Waals surface area contributed by atoms with Crippen LogP contribution in [-0.2, 0) is 9.53 Å². The first-order chi connectivity index (χ1) is 11.6. The van der Waals surface area contributed by atoms with E-state index in [4.69, 9.17) is 4.74 Å². The van der Waals surface area contributed by atoms with Crippen molar-refractivity contribution in [3.63, 3.8) is 0 Å². The lowest BCUT2D eigenvalue weighted by Crippen LogP contribution is -2.50. The topological polar surface area (TPSA) is 95.1 Å². The van der Waals surface area contributed by atoms with Gasteiger partial charge in [-0.2, -0.15) is 0 Å². The van der Waals surface area contributed by atoms with Crippen LogP contribution in [0.1, 0.15) is 40.0 Å². The molecule has 1 saturated heterocycles. The van der Waals surface area contributed by atoms with Crippen LogP contribution < -0.4 is 16.0 Å². The molecule has 1 fully saturated rings. The van der Waals surface area contributed by atoms with Gasteiger partial charge in [-0.05, 0) is 33.1 Å². The van der Waals surface area contributed by atoms with Gasteiger partial charge in [0.1, 0.15) is 6.54 Å². The summed E-state index contributed by atoms with van der Waals surface area (Å²) in [6.07, 6.45) is 2.31. The van der Waals surface area contributed by atoms with E-state index >= 15 is 0 Å². The summed E-state index contributed by atoms with van der Waals surface area (Å²) in [6.45, 7) is 9.03. The molecule has 24 heavy (non-hydrogen) atoms. The van der Waals surface area contributed by atoms with Crippen molar-refractivity contribution in [1.29, 1.82) is 0 Å². The summed E-state index contributed by atoms with van der Waals surface area (Å²) in [4.78, 5) is 29.4. The first-order valence-corrected chi connectivity index (χ1v) is 8.83. The zero-order valence-electron chi connectivity index (χ0n) is 15.1. The number of piperidine rings is 1. The van der Waals surface area contributed by atoms with Crippen molar-refractivity contribution in [3.05, 3.63) is 0 Å². The molecule has 2 amide bonds. The number of nitrogens with zero attached hydrogens (tertiary/aromatic N) is 2. The number of carbonyl (C=O) groups excluding carboxylic acids is 2. The van der Waals surface area contributed by atoms with E-state index in [1.165, 1.54) is 0 Å². The molecule has 0 aromatic heterocycles. The molecule has 0 spiro atoms. The van der Waals surface area contributed by atoms with Crippen LogP contribution in [0.25, 0.3) is 0 Å². The molecular formula is C16H31N5O3. The minimum absolute atomic E-state index is 0.0776. The molecule has 8 heteroatoms. The van der Waals surface area contributed by atoms with E-state index in [1.54, 1.807) is 4.90 Å². The lowest BCUT2D eigenvalue weighted by Gasteiger charge is -2.32. The number of hydrogen-bond acceptors (Lipinski definition) is 4. The molecule has 138 valence electrons. The van der Waals surface area contributed by atoms with Crippen molar-refractivity contribution >= 4 is 18.0 Å². The second-order valence-corrected chi connectivity index (χ2v) is 5.65. The van der Waals surface area contributed by atoms with Crippen LogP contribution in [0.5, 0.6) is 0 Å². The number of carbonyl (C=O) groups is 2. The average Bonchev–Trinajstić information content (AvgIpc) is 2.59. The van der Waals surface area contributed by atoms with Gasteiger partial charge in [0.2, 0.25) is 5.91 Å². The first-order valence-electron chi connectivity index (χ1n) is 8.83. The number of amides is 2. The number of hydrogen-bond donors (Lipinski definition) is 3. The van der Waals surface area contributed by atoms with Crippen molar-refractivity contribution < 1.29 is 14.3 Å². The van der Waals surface area contributed by atoms with E-state index in [0.29, 0.717) is 32.2 Å². The maximum atomic E-state index is 11.7. The smallest absolute Gasteiger partial charge is 0.409 e. The molecule has 1 rings (SSSR count). The Balaban J connectivity index is 2.43. The van der Waals surface area contributed by atoms with Gasteiger partial charge in [-0.25, -0.2) is 9.79 Å². The van der Waals surface area contributed by atoms with E-state index in [0.717, 1.165) is 25.8 Å². The van der Waals surface area contributed by atoms with Crippen LogP contribution in [0.15, 0.2) is 4.99 Å². The molecule has 3 N–H and O–H groups in total. The van der Waals surface area contributed by atoms with Gasteiger partial charge < -0.3 is 25.6 Å². The molecule has 0 radical (unpaired) electrons. The number of aliphatic imine (C=N–C) groups is 1. The molecule has 0 saturated carbocycles. The molecule has 0 atom stereocenters. The van der Waals surface area contributed by atoms with Crippen LogP contribution in [0.4, 0.5) is 4.79 Å². The van der Waals surface area contributed by atoms with E-state index in [1.807, 2.05) is 20.8 Å². The average molecular weight is 341 g/mol. The molecule has 1 aliphatic rings. The third-order valence-electron chi connectivity index (χ3n) is 3.66. The van der Waals surface area contributed by atoms with Gasteiger partial charge in [0.05, 0.1) is 6.61 Å². The zero-order chi connectivity index (χ0) is 17.8. The number of guanidine groups is 1. The molecule has 1 aliphatic heterocycles. The van der Waals surface area contributed by atoms with Crippen molar-refractivity contribution in [3.8, 4) is 0 Å². The van der Waals surface area contributed by atoms with Crippen molar-refractivity contribution in [2.45, 2.75) is 46.1 Å². The second-order valence-electron chi connectivity index (χ2n) is 5.65. The summed E-state index contributed by atoms with van der Waals surface area (Å²) in [5.74, 6) is 0.560. The minimum Gasteiger partial charge on any atom is -0.450 e. The van der Waals surface area contributed by atoms with Crippen LogP contribution in [0.2, 0.25) is 0 Å². The largest absolute Gasteiger partial charge is 0.450 e. The van der Waals surface area contributed by atoms with Gasteiger partial charge in [0, 0.05) is 32.2 Å². The first kappa shape index (κ1) is 20.1. The SMILES string of the molecule is CCCNC(=O)CN=C(NCC)NC1CCN(C(=O)OCC)CC1. The molecular weight excluding hydrogens is 310 g/mol. The van der Waals surface area contributed by atoms with Crippen molar-refractivity contribution in [2.24, 2.45) is 4.99 Å². The molecule has 0 aromatic carbocycles. The van der Waals surface area contributed by atoms with Gasteiger partial charge in [-0.1, -0.05) is 6.92 Å². The fraction of sp³-hybridized carbons (Fsp3) is 0.812. The monoisotopic (exact) mass is 341 g/mol. The third kappa shape index (κ3) is 7.52. The van der Waals surface area contributed by atoms with Crippen LogP contribution in [0, 0.1) is 0 Å². The summed E-state index contributed by atoms with van der Waals surface area (Å²) in [5, 5.41) is 9.29. The predicted octanol–water partition coefficient (Wildman–Crippen LogP) is 0.689. The Kier molecular flexibility index (Phi) is 9.64. The highest BCUT2D eigenvalue weighted by molar-refractivity contribution is 5.85. The van der Waals surface area contributed by atoms with Crippen LogP contribution in [-0.4, -0.2) is 68.2 Å². The Morgan fingerprint density at radius 2 is 1.88 bits per heavy atom. The molecule has 8 nitrogen and oxygen atoms in total. The zero-order valence-corrected chi connectivity index (χ0v) is 15.1. The van der Waals surface area contributed by atoms with E-state index in [2.05, 4.69) is 20.9 Å². The van der Waals surface area contributed by atoms with Crippen molar-refractivity contribution in [1.82, 2.24) is 20.9 Å². The van der Waals surface area contributed by atoms with Gasteiger partial charge in [-0.15, -0.1) is 0 Å². The van der Waals surface area contributed by atoms with E-state index in [9.17, 15) is 9.59 Å². The molecule has 0 unspecified atom stereocenters. The Labute approximate surface area is 144 Å². The summed E-state index contributed by atoms with van der Waals surface area (Å²) in [6, 6.07) is 0.229. The Bertz CT molecular complexity index is 420. The van der Waals surface area contributed by atoms with Crippen LogP contribution >= 0.6 is 0 Å². The number of nitrogens with one attached hydrogen (secondary N) is 3. The molecule has 0 bridgehead atoms. The maximum absolute atomic E-state index is 11.7. The van der Waals surface area contributed by atoms with E-state index < -0.39 is 0 Å². The van der Waals surface area contributed by atoms with Gasteiger partial charge in [-0.3, -0.25) is 4.79 Å². The molecule has 0 aromatic rings. The lowest BCUT2D eigenvalue weighted by atomic mass is 10.1. The highest BCUT2D eigenvalue weighted by atomic mass is 16.6. The quantitative estimate of drug-likeness (QED) is 0.468. The third-order valence-corrected chi connectivity index (χ3v) is 3.66. The Hall–Kier alpha value is -1.99. The normalized spacial score (nSPS) is 15.8. The molecule has 0 aliphatic carbocycles.